The Balaban J connectivity index is 1.87. The number of aromatic nitrogens is 1. The maximum absolute atomic E-state index is 14.4. The fourth-order valence-corrected chi connectivity index (χ4v) is 3.29. The van der Waals surface area contributed by atoms with E-state index in [0.717, 1.165) is 16.3 Å². The number of allylic oxidation sites excluding steroid dienone is 1. The van der Waals surface area contributed by atoms with Crippen molar-refractivity contribution in [3.63, 3.8) is 0 Å². The van der Waals surface area contributed by atoms with E-state index in [0.29, 0.717) is 23.1 Å². The number of hydrazine groups is 2. The van der Waals surface area contributed by atoms with Crippen molar-refractivity contribution in [2.75, 3.05) is 10.0 Å². The predicted molar refractivity (Wildman–Crippen MR) is 83.9 cm³/mol. The summed E-state index contributed by atoms with van der Waals surface area (Å²) >= 11 is 0. The van der Waals surface area contributed by atoms with Crippen LogP contribution in [0.5, 0.6) is 0 Å². The number of halogens is 1. The van der Waals surface area contributed by atoms with Crippen LogP contribution in [0.2, 0.25) is 0 Å². The number of pyridine rings is 1. The number of hydrogen-bond donors (Lipinski definition) is 1. The van der Waals surface area contributed by atoms with Crippen molar-refractivity contribution in [1.82, 2.24) is 10.3 Å². The molecule has 1 aromatic carbocycles. The molecule has 0 saturated carbocycles. The predicted octanol–water partition coefficient (Wildman–Crippen LogP) is 2.10. The van der Waals surface area contributed by atoms with Gasteiger partial charge in [-0.25, -0.2) is 14.4 Å². The SMILES string of the molecule is Cc1ccc(N2C([O-])=C3C(C)Cc4cccc(F)c4N3N2O)cn1. The molecule has 0 fully saturated rings. The number of para-hydroxylation sites is 1. The molecule has 24 heavy (non-hydrogen) atoms. The summed E-state index contributed by atoms with van der Waals surface area (Å²) in [6, 6.07) is 8.19. The quantitative estimate of drug-likeness (QED) is 0.865. The van der Waals surface area contributed by atoms with Gasteiger partial charge in [-0.05, 0) is 37.1 Å². The van der Waals surface area contributed by atoms with Gasteiger partial charge in [0.05, 0.1) is 17.6 Å². The van der Waals surface area contributed by atoms with Crippen molar-refractivity contribution in [3.05, 3.63) is 65.2 Å². The molecular weight excluding hydrogens is 311 g/mol. The second-order valence-electron chi connectivity index (χ2n) is 6.09. The maximum Gasteiger partial charge on any atom is 0.148 e. The van der Waals surface area contributed by atoms with Gasteiger partial charge in [0, 0.05) is 22.8 Å². The van der Waals surface area contributed by atoms with Gasteiger partial charge in [-0.2, -0.15) is 0 Å². The third kappa shape index (κ3) is 1.98. The van der Waals surface area contributed by atoms with Crippen LogP contribution in [0.4, 0.5) is 15.8 Å². The molecule has 2 aliphatic heterocycles. The fourth-order valence-electron chi connectivity index (χ4n) is 3.29. The fraction of sp³-hybridized carbons (Fsp3) is 0.235. The molecule has 4 rings (SSSR count). The van der Waals surface area contributed by atoms with Gasteiger partial charge >= 0.3 is 0 Å². The minimum Gasteiger partial charge on any atom is -0.858 e. The molecule has 7 heteroatoms. The van der Waals surface area contributed by atoms with Gasteiger partial charge < -0.3 is 5.11 Å². The van der Waals surface area contributed by atoms with Gasteiger partial charge in [0.25, 0.3) is 0 Å². The van der Waals surface area contributed by atoms with Crippen LogP contribution in [0.25, 0.3) is 0 Å². The van der Waals surface area contributed by atoms with E-state index in [2.05, 4.69) is 4.98 Å². The molecule has 0 radical (unpaired) electrons. The Morgan fingerprint density at radius 2 is 2.04 bits per heavy atom. The largest absolute Gasteiger partial charge is 0.858 e. The number of aryl methyl sites for hydroxylation is 1. The second-order valence-corrected chi connectivity index (χ2v) is 6.09. The average Bonchev–Trinajstić information content (AvgIpc) is 2.81. The topological polar surface area (TPSA) is 65.9 Å². The van der Waals surface area contributed by atoms with Gasteiger partial charge in [0.1, 0.15) is 11.5 Å². The van der Waals surface area contributed by atoms with Crippen molar-refractivity contribution < 1.29 is 14.7 Å². The number of hydrogen-bond acceptors (Lipinski definition) is 6. The zero-order valence-electron chi connectivity index (χ0n) is 13.3. The Morgan fingerprint density at radius 1 is 1.25 bits per heavy atom. The van der Waals surface area contributed by atoms with Crippen LogP contribution >= 0.6 is 0 Å². The zero-order valence-corrected chi connectivity index (χ0v) is 13.3. The summed E-state index contributed by atoms with van der Waals surface area (Å²) in [4.78, 5) is 4.16. The Hall–Kier alpha value is -2.64. The third-order valence-electron chi connectivity index (χ3n) is 4.41. The molecule has 0 spiro atoms. The molecule has 6 nitrogen and oxygen atoms in total. The summed E-state index contributed by atoms with van der Waals surface area (Å²) in [5.74, 6) is -1.01. The Labute approximate surface area is 138 Å². The molecule has 2 aromatic rings. The molecule has 0 aliphatic carbocycles. The minimum atomic E-state index is -0.479. The van der Waals surface area contributed by atoms with E-state index in [1.165, 1.54) is 17.3 Å². The molecular formula is C17H16FN4O2-. The molecule has 124 valence electrons. The molecule has 0 bridgehead atoms. The lowest BCUT2D eigenvalue weighted by Gasteiger charge is -2.37. The molecule has 1 atom stereocenters. The standard InChI is InChI=1S/C17H17FN4O2/c1-10-8-12-4-3-5-14(18)16(12)21-15(10)17(23)20(22(21)24)13-7-6-11(2)19-9-13/h3-7,9-10,23-24H,8H2,1-2H3/p-1. The van der Waals surface area contributed by atoms with E-state index < -0.39 is 5.82 Å². The van der Waals surface area contributed by atoms with E-state index in [-0.39, 0.29) is 17.5 Å². The highest BCUT2D eigenvalue weighted by Crippen LogP contribution is 2.44. The van der Waals surface area contributed by atoms with E-state index >= 15 is 0 Å². The molecule has 1 N–H and O–H groups in total. The highest BCUT2D eigenvalue weighted by molar-refractivity contribution is 5.66. The summed E-state index contributed by atoms with van der Waals surface area (Å²) in [5, 5.41) is 26.5. The second kappa shape index (κ2) is 5.19. The van der Waals surface area contributed by atoms with Crippen LogP contribution in [0.15, 0.2) is 48.1 Å². The van der Waals surface area contributed by atoms with Crippen LogP contribution in [0.1, 0.15) is 18.2 Å². The van der Waals surface area contributed by atoms with Gasteiger partial charge in [0.15, 0.2) is 0 Å². The monoisotopic (exact) mass is 327 g/mol. The molecule has 3 heterocycles. The molecule has 1 unspecified atom stereocenters. The number of rotatable bonds is 1. The van der Waals surface area contributed by atoms with Gasteiger partial charge in [-0.1, -0.05) is 19.1 Å². The van der Waals surface area contributed by atoms with Gasteiger partial charge in [-0.15, -0.1) is 0 Å². The molecule has 2 aliphatic rings. The molecule has 1 aromatic heterocycles. The smallest absolute Gasteiger partial charge is 0.148 e. The van der Waals surface area contributed by atoms with Crippen molar-refractivity contribution in [3.8, 4) is 0 Å². The Bertz CT molecular complexity index is 837. The molecule has 0 saturated heterocycles. The number of anilines is 2. The summed E-state index contributed by atoms with van der Waals surface area (Å²) in [6.07, 6.45) is 2.04. The van der Waals surface area contributed by atoms with Gasteiger partial charge in [0.2, 0.25) is 0 Å². The first kappa shape index (κ1) is 14.9. The Kier molecular flexibility index (Phi) is 3.22. The zero-order chi connectivity index (χ0) is 17.0. The van der Waals surface area contributed by atoms with E-state index in [9.17, 15) is 14.7 Å². The Morgan fingerprint density at radius 3 is 2.75 bits per heavy atom. The van der Waals surface area contributed by atoms with E-state index in [1.807, 2.05) is 13.8 Å². The highest BCUT2D eigenvalue weighted by atomic mass is 19.1. The highest BCUT2D eigenvalue weighted by Gasteiger charge is 2.41. The molecule has 0 amide bonds. The normalized spacial score (nSPS) is 20.4. The van der Waals surface area contributed by atoms with Crippen molar-refractivity contribution in [1.29, 1.82) is 0 Å². The number of fused-ring (bicyclic) bond motifs is 3. The maximum atomic E-state index is 14.4. The first-order valence-corrected chi connectivity index (χ1v) is 7.69. The van der Waals surface area contributed by atoms with E-state index in [1.54, 1.807) is 24.3 Å². The first-order chi connectivity index (χ1) is 11.5. The summed E-state index contributed by atoms with van der Waals surface area (Å²) in [6.45, 7) is 3.72. The summed E-state index contributed by atoms with van der Waals surface area (Å²) < 4.78 is 14.4. The summed E-state index contributed by atoms with van der Waals surface area (Å²) in [5.41, 5.74) is 2.52. The lowest BCUT2D eigenvalue weighted by molar-refractivity contribution is -0.314. The number of benzene rings is 1. The number of nitrogens with zero attached hydrogens (tertiary/aromatic N) is 4. The average molecular weight is 327 g/mol. The van der Waals surface area contributed by atoms with Crippen molar-refractivity contribution in [2.24, 2.45) is 5.92 Å². The minimum absolute atomic E-state index is 0.148. The van der Waals surface area contributed by atoms with Gasteiger partial charge in [-0.3, -0.25) is 10.2 Å². The van der Waals surface area contributed by atoms with Crippen LogP contribution in [-0.2, 0) is 6.42 Å². The van der Waals surface area contributed by atoms with E-state index in [4.69, 9.17) is 0 Å². The van der Waals surface area contributed by atoms with Crippen LogP contribution in [-0.4, -0.2) is 15.5 Å². The lowest BCUT2D eigenvalue weighted by Crippen LogP contribution is -2.47. The van der Waals surface area contributed by atoms with Crippen LogP contribution in [0.3, 0.4) is 0 Å². The summed E-state index contributed by atoms with van der Waals surface area (Å²) in [7, 11) is 0. The van der Waals surface area contributed by atoms with Crippen molar-refractivity contribution in [2.45, 2.75) is 20.3 Å². The van der Waals surface area contributed by atoms with Crippen LogP contribution in [0, 0.1) is 18.7 Å². The first-order valence-electron chi connectivity index (χ1n) is 7.69. The lowest BCUT2D eigenvalue weighted by atomic mass is 9.92. The van der Waals surface area contributed by atoms with Crippen LogP contribution < -0.4 is 15.1 Å². The third-order valence-corrected chi connectivity index (χ3v) is 4.41. The van der Waals surface area contributed by atoms with Crippen molar-refractivity contribution >= 4 is 11.4 Å².